The summed E-state index contributed by atoms with van der Waals surface area (Å²) in [5, 5.41) is 3.15. The van der Waals surface area contributed by atoms with Gasteiger partial charge in [-0.1, -0.05) is 60.7 Å². The van der Waals surface area contributed by atoms with Crippen LogP contribution in [0.4, 0.5) is 0 Å². The highest BCUT2D eigenvalue weighted by Crippen LogP contribution is 2.24. The van der Waals surface area contributed by atoms with Crippen LogP contribution in [0.15, 0.2) is 60.7 Å². The zero-order chi connectivity index (χ0) is 18.4. The number of nitrogens with zero attached hydrogens (tertiary/aromatic N) is 1. The summed E-state index contributed by atoms with van der Waals surface area (Å²) in [6.07, 6.45) is 2.53. The molecule has 1 heterocycles. The minimum atomic E-state index is -0.487. The van der Waals surface area contributed by atoms with E-state index < -0.39 is 6.04 Å². The third kappa shape index (κ3) is 4.93. The van der Waals surface area contributed by atoms with Crippen molar-refractivity contribution in [3.05, 3.63) is 71.8 Å². The first-order valence-corrected chi connectivity index (χ1v) is 9.52. The van der Waals surface area contributed by atoms with E-state index in [1.165, 1.54) is 5.56 Å². The topological polar surface area (TPSA) is 58.4 Å². The van der Waals surface area contributed by atoms with Crippen LogP contribution in [0.5, 0.6) is 0 Å². The number of benzene rings is 2. The Morgan fingerprint density at radius 3 is 2.27 bits per heavy atom. The Bertz CT molecular complexity index is 681. The van der Waals surface area contributed by atoms with E-state index in [0.717, 1.165) is 31.5 Å². The Morgan fingerprint density at radius 1 is 1.08 bits per heavy atom. The summed E-state index contributed by atoms with van der Waals surface area (Å²) in [4.78, 5) is 14.9. The van der Waals surface area contributed by atoms with Crippen molar-refractivity contribution < 1.29 is 4.79 Å². The first kappa shape index (κ1) is 18.6. The second-order valence-electron chi connectivity index (χ2n) is 7.20. The molecule has 138 valence electrons. The predicted octanol–water partition coefficient (Wildman–Crippen LogP) is 2.90. The number of rotatable bonds is 6. The molecular weight excluding hydrogens is 322 g/mol. The molecule has 2 aromatic rings. The van der Waals surface area contributed by atoms with Gasteiger partial charge in [-0.25, -0.2) is 0 Å². The largest absolute Gasteiger partial charge is 0.352 e. The van der Waals surface area contributed by atoms with Crippen molar-refractivity contribution in [3.63, 3.8) is 0 Å². The first-order valence-electron chi connectivity index (χ1n) is 9.52. The smallest absolute Gasteiger partial charge is 0.237 e. The van der Waals surface area contributed by atoms with E-state index in [0.29, 0.717) is 12.5 Å². The molecule has 0 aromatic heterocycles. The maximum absolute atomic E-state index is 12.4. The number of amides is 1. The number of hydrogen-bond donors (Lipinski definition) is 2. The molecule has 2 unspecified atom stereocenters. The van der Waals surface area contributed by atoms with Gasteiger partial charge in [-0.3, -0.25) is 9.69 Å². The number of carbonyl (C=O) groups excluding carboxylic acids is 1. The fourth-order valence-electron chi connectivity index (χ4n) is 3.64. The van der Waals surface area contributed by atoms with E-state index in [4.69, 9.17) is 5.73 Å². The normalized spacial score (nSPS) is 18.2. The van der Waals surface area contributed by atoms with Crippen LogP contribution >= 0.6 is 0 Å². The molecule has 0 spiro atoms. The molecule has 0 aliphatic carbocycles. The lowest BCUT2D eigenvalue weighted by atomic mass is 9.99. The molecule has 0 bridgehead atoms. The molecule has 0 saturated carbocycles. The summed E-state index contributed by atoms with van der Waals surface area (Å²) >= 11 is 0. The van der Waals surface area contributed by atoms with Crippen LogP contribution in [0, 0.1) is 0 Å². The van der Waals surface area contributed by atoms with Gasteiger partial charge in [0, 0.05) is 25.2 Å². The molecule has 3 rings (SSSR count). The Balaban J connectivity index is 1.45. The molecule has 2 atom stereocenters. The SMILES string of the molecule is CC(c1ccccc1)N1CCC(NC(=O)C(N)Cc2ccccc2)CC1. The Hall–Kier alpha value is -2.17. The summed E-state index contributed by atoms with van der Waals surface area (Å²) in [7, 11) is 0. The highest BCUT2D eigenvalue weighted by atomic mass is 16.2. The molecule has 0 radical (unpaired) electrons. The Labute approximate surface area is 156 Å². The minimum absolute atomic E-state index is 0.0385. The van der Waals surface area contributed by atoms with E-state index in [-0.39, 0.29) is 11.9 Å². The minimum Gasteiger partial charge on any atom is -0.352 e. The second-order valence-corrected chi connectivity index (χ2v) is 7.20. The van der Waals surface area contributed by atoms with Gasteiger partial charge in [0.05, 0.1) is 6.04 Å². The molecule has 4 nitrogen and oxygen atoms in total. The van der Waals surface area contributed by atoms with Crippen LogP contribution in [0.2, 0.25) is 0 Å². The molecule has 1 amide bonds. The maximum Gasteiger partial charge on any atom is 0.237 e. The van der Waals surface area contributed by atoms with Gasteiger partial charge in [0.15, 0.2) is 0 Å². The summed E-state index contributed by atoms with van der Waals surface area (Å²) in [6.45, 7) is 4.24. The lowest BCUT2D eigenvalue weighted by Crippen LogP contribution is -2.50. The molecule has 1 saturated heterocycles. The molecule has 1 aliphatic heterocycles. The summed E-state index contributed by atoms with van der Waals surface area (Å²) < 4.78 is 0. The number of piperidine rings is 1. The number of hydrogen-bond acceptors (Lipinski definition) is 3. The molecular formula is C22H29N3O. The zero-order valence-corrected chi connectivity index (χ0v) is 15.5. The van der Waals surface area contributed by atoms with Crippen molar-refractivity contribution in [2.45, 2.75) is 44.3 Å². The van der Waals surface area contributed by atoms with Gasteiger partial charge in [0.1, 0.15) is 0 Å². The number of nitrogens with one attached hydrogen (secondary N) is 1. The van der Waals surface area contributed by atoms with Crippen LogP contribution in [-0.4, -0.2) is 36.0 Å². The highest BCUT2D eigenvalue weighted by Gasteiger charge is 2.25. The first-order chi connectivity index (χ1) is 12.6. The van der Waals surface area contributed by atoms with E-state index in [1.807, 2.05) is 30.3 Å². The van der Waals surface area contributed by atoms with E-state index in [2.05, 4.69) is 47.5 Å². The van der Waals surface area contributed by atoms with Crippen molar-refractivity contribution in [2.75, 3.05) is 13.1 Å². The summed E-state index contributed by atoms with van der Waals surface area (Å²) in [5.74, 6) is -0.0385. The molecule has 1 fully saturated rings. The Morgan fingerprint density at radius 2 is 1.65 bits per heavy atom. The maximum atomic E-state index is 12.4. The fourth-order valence-corrected chi connectivity index (χ4v) is 3.64. The molecule has 4 heteroatoms. The number of carbonyl (C=O) groups is 1. The van der Waals surface area contributed by atoms with Crippen molar-refractivity contribution in [3.8, 4) is 0 Å². The summed E-state index contributed by atoms with van der Waals surface area (Å²) in [6, 6.07) is 20.7. The van der Waals surface area contributed by atoms with Gasteiger partial charge in [-0.05, 0) is 37.3 Å². The number of likely N-dealkylation sites (tertiary alicyclic amines) is 1. The average molecular weight is 351 g/mol. The summed E-state index contributed by atoms with van der Waals surface area (Å²) in [5.41, 5.74) is 8.54. The third-order valence-electron chi connectivity index (χ3n) is 5.34. The standard InChI is InChI=1S/C22H29N3O/c1-17(19-10-6-3-7-11-19)25-14-12-20(13-15-25)24-22(26)21(23)16-18-8-4-2-5-9-18/h2-11,17,20-21H,12-16,23H2,1H3,(H,24,26). The lowest BCUT2D eigenvalue weighted by molar-refractivity contribution is -0.123. The Kier molecular flexibility index (Phi) is 6.42. The predicted molar refractivity (Wildman–Crippen MR) is 106 cm³/mol. The van der Waals surface area contributed by atoms with E-state index >= 15 is 0 Å². The van der Waals surface area contributed by atoms with E-state index in [9.17, 15) is 4.79 Å². The van der Waals surface area contributed by atoms with Gasteiger partial charge >= 0.3 is 0 Å². The number of nitrogens with two attached hydrogens (primary N) is 1. The van der Waals surface area contributed by atoms with Crippen molar-refractivity contribution >= 4 is 5.91 Å². The lowest BCUT2D eigenvalue weighted by Gasteiger charge is -2.36. The van der Waals surface area contributed by atoms with Crippen molar-refractivity contribution in [1.29, 1.82) is 0 Å². The van der Waals surface area contributed by atoms with Crippen LogP contribution < -0.4 is 11.1 Å². The molecule has 3 N–H and O–H groups in total. The van der Waals surface area contributed by atoms with Gasteiger partial charge in [0.2, 0.25) is 5.91 Å². The van der Waals surface area contributed by atoms with Gasteiger partial charge in [-0.2, -0.15) is 0 Å². The fraction of sp³-hybridized carbons (Fsp3) is 0.409. The van der Waals surface area contributed by atoms with E-state index in [1.54, 1.807) is 0 Å². The molecule has 1 aliphatic rings. The third-order valence-corrected chi connectivity index (χ3v) is 5.34. The second kappa shape index (κ2) is 8.97. The van der Waals surface area contributed by atoms with Crippen LogP contribution in [0.1, 0.15) is 36.9 Å². The van der Waals surface area contributed by atoms with Crippen LogP contribution in [-0.2, 0) is 11.2 Å². The van der Waals surface area contributed by atoms with Crippen molar-refractivity contribution in [2.24, 2.45) is 5.73 Å². The highest BCUT2D eigenvalue weighted by molar-refractivity contribution is 5.82. The van der Waals surface area contributed by atoms with Gasteiger partial charge in [0.25, 0.3) is 0 Å². The van der Waals surface area contributed by atoms with Crippen molar-refractivity contribution in [1.82, 2.24) is 10.2 Å². The monoisotopic (exact) mass is 351 g/mol. The van der Waals surface area contributed by atoms with Gasteiger partial charge in [-0.15, -0.1) is 0 Å². The quantitative estimate of drug-likeness (QED) is 0.841. The zero-order valence-electron chi connectivity index (χ0n) is 15.5. The average Bonchev–Trinajstić information content (AvgIpc) is 2.69. The van der Waals surface area contributed by atoms with Crippen LogP contribution in [0.3, 0.4) is 0 Å². The molecule has 26 heavy (non-hydrogen) atoms. The molecule has 2 aromatic carbocycles. The van der Waals surface area contributed by atoms with Gasteiger partial charge < -0.3 is 11.1 Å². The van der Waals surface area contributed by atoms with Crippen LogP contribution in [0.25, 0.3) is 0 Å².